The molecule has 101 valence electrons. The molecule has 0 spiro atoms. The molecule has 7 nitrogen and oxygen atoms in total. The number of amides is 1. The second-order valence-electron chi connectivity index (χ2n) is 4.09. The number of carbonyl (C=O) groups excluding carboxylic acids is 1. The number of aromatic nitrogens is 3. The Morgan fingerprint density at radius 1 is 1.58 bits per heavy atom. The van der Waals surface area contributed by atoms with Crippen LogP contribution >= 0.6 is 0 Å². The van der Waals surface area contributed by atoms with Gasteiger partial charge in [0.1, 0.15) is 11.2 Å². The van der Waals surface area contributed by atoms with E-state index in [1.54, 1.807) is 13.5 Å². The number of hydrogen-bond acceptors (Lipinski definition) is 4. The fourth-order valence-electron chi connectivity index (χ4n) is 1.95. The fourth-order valence-corrected chi connectivity index (χ4v) is 1.95. The van der Waals surface area contributed by atoms with Gasteiger partial charge in [0.15, 0.2) is 0 Å². The predicted molar refractivity (Wildman–Crippen MR) is 70.5 cm³/mol. The summed E-state index contributed by atoms with van der Waals surface area (Å²) in [6, 6.07) is 0. The summed E-state index contributed by atoms with van der Waals surface area (Å²) in [6.07, 6.45) is 1.99. The summed E-state index contributed by atoms with van der Waals surface area (Å²) in [5.41, 5.74) is 7.02. The normalized spacial score (nSPS) is 10.9. The van der Waals surface area contributed by atoms with Gasteiger partial charge in [-0.2, -0.15) is 9.61 Å². The molecule has 7 heteroatoms. The number of H-pyrrole nitrogens is 1. The van der Waals surface area contributed by atoms with Crippen molar-refractivity contribution in [1.29, 1.82) is 0 Å². The molecule has 0 bridgehead atoms. The van der Waals surface area contributed by atoms with Crippen LogP contribution in [0, 0.1) is 13.5 Å². The van der Waals surface area contributed by atoms with Crippen molar-refractivity contribution in [1.82, 2.24) is 25.4 Å². The Balaban J connectivity index is 2.55. The molecule has 2 rings (SSSR count). The minimum Gasteiger partial charge on any atom is -0.343 e. The van der Waals surface area contributed by atoms with E-state index in [0.717, 1.165) is 5.69 Å². The van der Waals surface area contributed by atoms with Gasteiger partial charge in [0.25, 0.3) is 11.5 Å². The maximum atomic E-state index is 12.2. The van der Waals surface area contributed by atoms with Gasteiger partial charge in [-0.3, -0.25) is 15.0 Å². The highest BCUT2D eigenvalue weighted by Gasteiger charge is 2.16. The van der Waals surface area contributed by atoms with Crippen LogP contribution in [0.25, 0.3) is 5.65 Å². The third-order valence-corrected chi connectivity index (χ3v) is 2.91. The standard InChI is InChI=1S/C12H16N5O2/c1-4-8-7(3)15-10-9(11(18)16-13-5-2)6-14-17(10)12(8)19/h5-6,13,15H,4H2,1-3H3,(H,16,18). The molecule has 3 N–H and O–H groups in total. The first-order chi connectivity index (χ1) is 9.10. The van der Waals surface area contributed by atoms with Gasteiger partial charge in [0, 0.05) is 17.8 Å². The maximum Gasteiger partial charge on any atom is 0.277 e. The molecule has 1 amide bonds. The number of aryl methyl sites for hydroxylation is 1. The molecule has 0 aromatic carbocycles. The minimum atomic E-state index is -0.354. The van der Waals surface area contributed by atoms with Crippen LogP contribution in [0.2, 0.25) is 0 Å². The van der Waals surface area contributed by atoms with Gasteiger partial charge in [-0.1, -0.05) is 6.92 Å². The van der Waals surface area contributed by atoms with E-state index < -0.39 is 0 Å². The van der Waals surface area contributed by atoms with E-state index >= 15 is 0 Å². The summed E-state index contributed by atoms with van der Waals surface area (Å²) < 4.78 is 1.22. The maximum absolute atomic E-state index is 12.2. The summed E-state index contributed by atoms with van der Waals surface area (Å²) in [5, 5.41) is 3.97. The summed E-state index contributed by atoms with van der Waals surface area (Å²) >= 11 is 0. The van der Waals surface area contributed by atoms with E-state index in [2.05, 4.69) is 20.9 Å². The predicted octanol–water partition coefficient (Wildman–Crippen LogP) is 0.310. The smallest absolute Gasteiger partial charge is 0.277 e. The first-order valence-corrected chi connectivity index (χ1v) is 6.03. The molecule has 0 unspecified atom stereocenters. The Hall–Kier alpha value is -2.15. The van der Waals surface area contributed by atoms with Gasteiger partial charge in [-0.25, -0.2) is 5.43 Å². The van der Waals surface area contributed by atoms with E-state index in [-0.39, 0.29) is 11.5 Å². The van der Waals surface area contributed by atoms with E-state index in [1.165, 1.54) is 10.7 Å². The van der Waals surface area contributed by atoms with Crippen molar-refractivity contribution in [2.45, 2.75) is 27.2 Å². The van der Waals surface area contributed by atoms with Gasteiger partial charge in [-0.15, -0.1) is 0 Å². The quantitative estimate of drug-likeness (QED) is 0.691. The number of hydrazine groups is 1. The third-order valence-electron chi connectivity index (χ3n) is 2.91. The second-order valence-corrected chi connectivity index (χ2v) is 4.09. The first-order valence-electron chi connectivity index (χ1n) is 6.03. The lowest BCUT2D eigenvalue weighted by atomic mass is 10.2. The summed E-state index contributed by atoms with van der Waals surface area (Å²) in [7, 11) is 0. The van der Waals surface area contributed by atoms with Crippen molar-refractivity contribution in [2.75, 3.05) is 0 Å². The van der Waals surface area contributed by atoms with Crippen molar-refractivity contribution >= 4 is 11.6 Å². The largest absolute Gasteiger partial charge is 0.343 e. The molecule has 2 aromatic heterocycles. The Morgan fingerprint density at radius 2 is 2.32 bits per heavy atom. The number of aromatic amines is 1. The number of carbonyl (C=O) groups is 1. The van der Waals surface area contributed by atoms with E-state index in [1.807, 2.05) is 13.8 Å². The first kappa shape index (κ1) is 13.3. The van der Waals surface area contributed by atoms with Crippen LogP contribution in [-0.2, 0) is 6.42 Å². The van der Waals surface area contributed by atoms with Crippen molar-refractivity contribution < 1.29 is 4.79 Å². The highest BCUT2D eigenvalue weighted by Crippen LogP contribution is 2.09. The molecule has 19 heavy (non-hydrogen) atoms. The molecule has 0 atom stereocenters. The fraction of sp³-hybridized carbons (Fsp3) is 0.333. The number of nitrogens with zero attached hydrogens (tertiary/aromatic N) is 2. The van der Waals surface area contributed by atoms with E-state index in [9.17, 15) is 9.59 Å². The van der Waals surface area contributed by atoms with Crippen molar-refractivity contribution in [3.63, 3.8) is 0 Å². The van der Waals surface area contributed by atoms with Crippen LogP contribution in [0.1, 0.15) is 35.5 Å². The van der Waals surface area contributed by atoms with Crippen molar-refractivity contribution in [3.05, 3.63) is 39.9 Å². The highest BCUT2D eigenvalue weighted by atomic mass is 16.2. The van der Waals surface area contributed by atoms with E-state index in [0.29, 0.717) is 23.2 Å². The average molecular weight is 262 g/mol. The topological polar surface area (TPSA) is 91.3 Å². The zero-order valence-corrected chi connectivity index (χ0v) is 11.1. The molecule has 0 aliphatic heterocycles. The number of rotatable bonds is 4. The van der Waals surface area contributed by atoms with Crippen molar-refractivity contribution in [3.8, 4) is 0 Å². The minimum absolute atomic E-state index is 0.192. The molecule has 0 aliphatic carbocycles. The summed E-state index contributed by atoms with van der Waals surface area (Å²) in [4.78, 5) is 27.1. The lowest BCUT2D eigenvalue weighted by Gasteiger charge is -2.06. The van der Waals surface area contributed by atoms with E-state index in [4.69, 9.17) is 0 Å². The van der Waals surface area contributed by atoms with Gasteiger partial charge in [0.2, 0.25) is 0 Å². The zero-order chi connectivity index (χ0) is 14.0. The number of fused-ring (bicyclic) bond motifs is 1. The Morgan fingerprint density at radius 3 is 2.95 bits per heavy atom. The summed E-state index contributed by atoms with van der Waals surface area (Å²) in [6.45, 7) is 7.05. The molecule has 0 saturated heterocycles. The van der Waals surface area contributed by atoms with Crippen LogP contribution in [0.3, 0.4) is 0 Å². The molecule has 0 aliphatic rings. The lowest BCUT2D eigenvalue weighted by Crippen LogP contribution is -2.35. The SMILES string of the molecule is C[CH]NNC(=O)c1cnn2c(=O)c(CC)c(C)[nH]c12. The van der Waals surface area contributed by atoms with Gasteiger partial charge >= 0.3 is 0 Å². The average Bonchev–Trinajstić information content (AvgIpc) is 2.80. The lowest BCUT2D eigenvalue weighted by molar-refractivity contribution is 0.0939. The number of hydrogen-bond donors (Lipinski definition) is 3. The molecular weight excluding hydrogens is 246 g/mol. The second kappa shape index (κ2) is 5.23. The van der Waals surface area contributed by atoms with Crippen molar-refractivity contribution in [2.24, 2.45) is 0 Å². The van der Waals surface area contributed by atoms with Crippen LogP contribution in [0.5, 0.6) is 0 Å². The van der Waals surface area contributed by atoms with Gasteiger partial charge in [-0.05, 0) is 20.3 Å². The molecule has 1 radical (unpaired) electrons. The molecule has 0 saturated carbocycles. The molecular formula is C12H16N5O2. The van der Waals surface area contributed by atoms with Crippen LogP contribution in [0.4, 0.5) is 0 Å². The van der Waals surface area contributed by atoms with Gasteiger partial charge in [0.05, 0.1) is 6.20 Å². The monoisotopic (exact) mass is 262 g/mol. The molecule has 2 heterocycles. The molecule has 2 aromatic rings. The van der Waals surface area contributed by atoms with Crippen LogP contribution < -0.4 is 16.4 Å². The Bertz CT molecular complexity index is 671. The third kappa shape index (κ3) is 2.24. The Kier molecular flexibility index (Phi) is 3.66. The van der Waals surface area contributed by atoms with Gasteiger partial charge < -0.3 is 4.98 Å². The van der Waals surface area contributed by atoms with Crippen LogP contribution in [0.15, 0.2) is 11.0 Å². The number of nitrogens with one attached hydrogen (secondary N) is 3. The zero-order valence-electron chi connectivity index (χ0n) is 11.1. The molecule has 0 fully saturated rings. The summed E-state index contributed by atoms with van der Waals surface area (Å²) in [5.74, 6) is -0.354. The Labute approximate surface area is 110 Å². The highest BCUT2D eigenvalue weighted by molar-refractivity contribution is 5.99. The van der Waals surface area contributed by atoms with Crippen LogP contribution in [-0.4, -0.2) is 20.5 Å².